The average molecular weight is 570 g/mol. The van der Waals surface area contributed by atoms with E-state index in [1.54, 1.807) is 18.3 Å². The highest BCUT2D eigenvalue weighted by Crippen LogP contribution is 2.39. The Hall–Kier alpha value is -4.91. The molecule has 0 aliphatic heterocycles. The van der Waals surface area contributed by atoms with Crippen molar-refractivity contribution in [1.82, 2.24) is 4.98 Å². The second kappa shape index (κ2) is 10.5. The summed E-state index contributed by atoms with van der Waals surface area (Å²) in [5.41, 5.74) is 3.37. The Morgan fingerprint density at radius 1 is 0.381 bits per heavy atom. The fraction of sp³-hybridized carbons (Fsp3) is 0.0571. The molecule has 6 aromatic rings. The van der Waals surface area contributed by atoms with Crippen molar-refractivity contribution in [2.45, 2.75) is 12.4 Å². The first-order chi connectivity index (χ1) is 20.0. The Balaban J connectivity index is 1.27. The molecule has 208 valence electrons. The van der Waals surface area contributed by atoms with Gasteiger partial charge in [0.2, 0.25) is 0 Å². The van der Waals surface area contributed by atoms with Gasteiger partial charge in [-0.3, -0.25) is 4.98 Å². The summed E-state index contributed by atoms with van der Waals surface area (Å²) in [5.74, 6) is 0. The van der Waals surface area contributed by atoms with Crippen LogP contribution in [0.15, 0.2) is 128 Å². The first-order valence-corrected chi connectivity index (χ1v) is 13.0. The van der Waals surface area contributed by atoms with E-state index in [1.165, 1.54) is 12.1 Å². The topological polar surface area (TPSA) is 12.9 Å². The summed E-state index contributed by atoms with van der Waals surface area (Å²) < 4.78 is 79.8. The van der Waals surface area contributed by atoms with Gasteiger partial charge in [-0.25, -0.2) is 0 Å². The van der Waals surface area contributed by atoms with Crippen LogP contribution in [0.2, 0.25) is 0 Å². The molecule has 0 unspecified atom stereocenters. The highest BCUT2D eigenvalue weighted by atomic mass is 19.4. The lowest BCUT2D eigenvalue weighted by Gasteiger charge is -2.14. The molecule has 0 saturated carbocycles. The number of halogens is 6. The van der Waals surface area contributed by atoms with Crippen molar-refractivity contribution in [3.8, 4) is 44.5 Å². The smallest absolute Gasteiger partial charge is 0.264 e. The van der Waals surface area contributed by atoms with Gasteiger partial charge < -0.3 is 0 Å². The minimum absolute atomic E-state index is 0.135. The van der Waals surface area contributed by atoms with Crippen LogP contribution in [0.3, 0.4) is 0 Å². The first kappa shape index (κ1) is 27.3. The molecular formula is C35H21F6N. The van der Waals surface area contributed by atoms with Crippen LogP contribution < -0.4 is 0 Å². The molecule has 1 heterocycles. The van der Waals surface area contributed by atoms with Gasteiger partial charge in [0.05, 0.1) is 11.1 Å². The third-order valence-electron chi connectivity index (χ3n) is 7.19. The summed E-state index contributed by atoms with van der Waals surface area (Å²) in [6.07, 6.45) is -6.23. The number of fused-ring (bicyclic) bond motifs is 1. The molecule has 0 spiro atoms. The zero-order valence-corrected chi connectivity index (χ0v) is 21.8. The molecule has 0 bridgehead atoms. The third kappa shape index (κ3) is 5.63. The summed E-state index contributed by atoms with van der Waals surface area (Å²) in [7, 11) is 0. The van der Waals surface area contributed by atoms with Gasteiger partial charge in [-0.15, -0.1) is 0 Å². The van der Waals surface area contributed by atoms with Crippen molar-refractivity contribution in [2.75, 3.05) is 0 Å². The largest absolute Gasteiger partial charge is 0.416 e. The number of benzene rings is 5. The number of pyridine rings is 1. The van der Waals surface area contributed by atoms with Crippen molar-refractivity contribution >= 4 is 10.8 Å². The predicted octanol–water partition coefficient (Wildman–Crippen LogP) is 10.9. The van der Waals surface area contributed by atoms with Gasteiger partial charge in [0, 0.05) is 12.4 Å². The van der Waals surface area contributed by atoms with E-state index in [9.17, 15) is 26.3 Å². The lowest BCUT2D eigenvalue weighted by Crippen LogP contribution is -2.11. The van der Waals surface area contributed by atoms with Gasteiger partial charge in [-0.2, -0.15) is 26.3 Å². The highest BCUT2D eigenvalue weighted by Gasteiger charge is 2.37. The number of hydrogen-bond donors (Lipinski definition) is 0. The number of hydrogen-bond acceptors (Lipinski definition) is 1. The van der Waals surface area contributed by atoms with Gasteiger partial charge in [-0.05, 0) is 91.7 Å². The van der Waals surface area contributed by atoms with Gasteiger partial charge in [0.1, 0.15) is 0 Å². The van der Waals surface area contributed by atoms with Gasteiger partial charge in [0.25, 0.3) is 0 Å². The summed E-state index contributed by atoms with van der Waals surface area (Å²) in [6, 6.07) is 32.4. The lowest BCUT2D eigenvalue weighted by molar-refractivity contribution is -0.143. The Morgan fingerprint density at radius 3 is 1.19 bits per heavy atom. The van der Waals surface area contributed by atoms with Gasteiger partial charge >= 0.3 is 12.4 Å². The third-order valence-corrected chi connectivity index (χ3v) is 7.19. The van der Waals surface area contributed by atoms with Crippen molar-refractivity contribution in [1.29, 1.82) is 0 Å². The molecule has 1 nitrogen and oxygen atoms in total. The predicted molar refractivity (Wildman–Crippen MR) is 153 cm³/mol. The summed E-state index contributed by atoms with van der Waals surface area (Å²) in [4.78, 5) is 4.17. The summed E-state index contributed by atoms with van der Waals surface area (Å²) in [5, 5.41) is 2.04. The van der Waals surface area contributed by atoms with E-state index in [4.69, 9.17) is 0 Å². The minimum Gasteiger partial charge on any atom is -0.264 e. The Kier molecular flexibility index (Phi) is 6.81. The number of alkyl halides is 6. The molecule has 0 amide bonds. The van der Waals surface area contributed by atoms with Crippen LogP contribution in [0.1, 0.15) is 11.1 Å². The summed E-state index contributed by atoms with van der Waals surface area (Å²) in [6.45, 7) is 0. The molecule has 0 aliphatic carbocycles. The van der Waals surface area contributed by atoms with Crippen molar-refractivity contribution in [3.63, 3.8) is 0 Å². The molecule has 1 aromatic heterocycles. The van der Waals surface area contributed by atoms with Crippen LogP contribution in [0, 0.1) is 0 Å². The molecule has 0 N–H and O–H groups in total. The van der Waals surface area contributed by atoms with Crippen LogP contribution >= 0.6 is 0 Å². The second-order valence-corrected chi connectivity index (χ2v) is 9.97. The zero-order valence-electron chi connectivity index (χ0n) is 21.8. The number of aromatic nitrogens is 1. The molecule has 5 aromatic carbocycles. The van der Waals surface area contributed by atoms with Crippen LogP contribution in [0.4, 0.5) is 26.3 Å². The van der Waals surface area contributed by atoms with E-state index < -0.39 is 23.5 Å². The fourth-order valence-electron chi connectivity index (χ4n) is 4.97. The molecular weight excluding hydrogens is 548 g/mol. The molecule has 42 heavy (non-hydrogen) atoms. The normalized spacial score (nSPS) is 12.0. The summed E-state index contributed by atoms with van der Waals surface area (Å²) >= 11 is 0. The van der Waals surface area contributed by atoms with E-state index in [2.05, 4.69) is 35.3 Å². The minimum atomic E-state index is -4.90. The number of nitrogens with zero attached hydrogens (tertiary/aromatic N) is 1. The first-order valence-electron chi connectivity index (χ1n) is 13.0. The molecule has 0 saturated heterocycles. The van der Waals surface area contributed by atoms with Crippen LogP contribution in [0.5, 0.6) is 0 Å². The van der Waals surface area contributed by atoms with E-state index >= 15 is 0 Å². The second-order valence-electron chi connectivity index (χ2n) is 9.97. The number of rotatable bonds is 4. The maximum absolute atomic E-state index is 13.3. The van der Waals surface area contributed by atoms with Crippen LogP contribution in [-0.2, 0) is 12.4 Å². The maximum atomic E-state index is 13.3. The molecule has 7 heteroatoms. The zero-order chi connectivity index (χ0) is 29.5. The lowest BCUT2D eigenvalue weighted by atomic mass is 9.95. The fourth-order valence-corrected chi connectivity index (χ4v) is 4.97. The molecule has 0 fully saturated rings. The van der Waals surface area contributed by atoms with Crippen molar-refractivity contribution in [3.05, 3.63) is 139 Å². The Bertz CT molecular complexity index is 1840. The SMILES string of the molecule is FC(F)(F)c1cc(-c2ccc(-c3ccc4cc(-c5ccc(-c6cccnc6)cc5)ccc4c3)cc2)cc(C(F)(F)F)c1. The monoisotopic (exact) mass is 569 g/mol. The van der Waals surface area contributed by atoms with E-state index in [0.717, 1.165) is 56.3 Å². The Morgan fingerprint density at radius 2 is 0.786 bits per heavy atom. The molecule has 0 aliphatic rings. The molecule has 0 radical (unpaired) electrons. The van der Waals surface area contributed by atoms with Gasteiger partial charge in [-0.1, -0.05) is 78.9 Å². The molecule has 6 rings (SSSR count). The van der Waals surface area contributed by atoms with Crippen molar-refractivity contribution < 1.29 is 26.3 Å². The van der Waals surface area contributed by atoms with E-state index in [0.29, 0.717) is 0 Å². The van der Waals surface area contributed by atoms with Crippen LogP contribution in [-0.4, -0.2) is 4.98 Å². The maximum Gasteiger partial charge on any atom is 0.416 e. The standard InChI is InChI=1S/C35H21F6N/c36-34(37,38)32-18-31(19-33(20-32)35(39,40)41)25-9-5-23(6-10-25)27-12-14-28-16-26(11-13-29(28)17-27)22-3-7-24(8-4-22)30-2-1-15-42-21-30/h1-21H. The quantitative estimate of drug-likeness (QED) is 0.193. The average Bonchev–Trinajstić information content (AvgIpc) is 3.00. The van der Waals surface area contributed by atoms with Crippen molar-refractivity contribution in [2.24, 2.45) is 0 Å². The van der Waals surface area contributed by atoms with E-state index in [1.807, 2.05) is 48.7 Å². The highest BCUT2D eigenvalue weighted by molar-refractivity contribution is 5.91. The van der Waals surface area contributed by atoms with E-state index in [-0.39, 0.29) is 17.2 Å². The van der Waals surface area contributed by atoms with Crippen LogP contribution in [0.25, 0.3) is 55.3 Å². The molecule has 0 atom stereocenters. The Labute approximate surface area is 237 Å². The van der Waals surface area contributed by atoms with Gasteiger partial charge in [0.15, 0.2) is 0 Å².